The number of hydrogen-bond acceptors (Lipinski definition) is 5. The molecule has 1 amide bonds. The molecule has 2 atom stereocenters. The Morgan fingerprint density at radius 3 is 2.75 bits per heavy atom. The maximum absolute atomic E-state index is 12.2. The van der Waals surface area contributed by atoms with Gasteiger partial charge in [-0.2, -0.15) is 10.5 Å². The van der Waals surface area contributed by atoms with E-state index < -0.39 is 5.54 Å². The molecule has 1 saturated carbocycles. The summed E-state index contributed by atoms with van der Waals surface area (Å²) in [6.07, 6.45) is 1.99. The predicted octanol–water partition coefficient (Wildman–Crippen LogP) is 3.16. The van der Waals surface area contributed by atoms with Crippen LogP contribution in [0.3, 0.4) is 0 Å². The van der Waals surface area contributed by atoms with Crippen molar-refractivity contribution in [2.75, 3.05) is 17.6 Å². The highest BCUT2D eigenvalue weighted by atomic mass is 32.2. The number of carbonyl (C=O) groups excluding carboxylic acids is 1. The number of nitrogens with one attached hydrogen (secondary N) is 2. The van der Waals surface area contributed by atoms with Gasteiger partial charge in [-0.15, -0.1) is 11.8 Å². The quantitative estimate of drug-likeness (QED) is 0.708. The van der Waals surface area contributed by atoms with Crippen molar-refractivity contribution >= 4 is 23.4 Å². The largest absolute Gasteiger partial charge is 0.375 e. The molecule has 0 saturated heterocycles. The first-order valence-electron chi connectivity index (χ1n) is 8.06. The second-order valence-corrected chi connectivity index (χ2v) is 7.39. The molecule has 24 heavy (non-hydrogen) atoms. The number of benzene rings is 1. The van der Waals surface area contributed by atoms with Gasteiger partial charge in [-0.25, -0.2) is 0 Å². The lowest BCUT2D eigenvalue weighted by Crippen LogP contribution is -2.48. The van der Waals surface area contributed by atoms with Gasteiger partial charge in [0.25, 0.3) is 0 Å². The summed E-state index contributed by atoms with van der Waals surface area (Å²) in [5, 5.41) is 24.2. The standard InChI is InChI=1S/C18H22N4OS/c1-13(9-19)11-24-16-6-4-3-5-15(16)21-10-17(23)22-18(2,12-20)14-7-8-14/h3-6,13-14,21H,7-8,10-11H2,1-2H3,(H,22,23)/t13-,18+/m1/s1. The molecule has 5 nitrogen and oxygen atoms in total. The number of nitriles is 2. The summed E-state index contributed by atoms with van der Waals surface area (Å²) in [6.45, 7) is 3.79. The van der Waals surface area contributed by atoms with Crippen molar-refractivity contribution in [3.63, 3.8) is 0 Å². The highest BCUT2D eigenvalue weighted by molar-refractivity contribution is 7.99. The fraction of sp³-hybridized carbons (Fsp3) is 0.500. The number of anilines is 1. The van der Waals surface area contributed by atoms with E-state index in [4.69, 9.17) is 5.26 Å². The topological polar surface area (TPSA) is 88.7 Å². The van der Waals surface area contributed by atoms with E-state index in [-0.39, 0.29) is 24.3 Å². The van der Waals surface area contributed by atoms with Crippen molar-refractivity contribution in [2.45, 2.75) is 37.1 Å². The molecule has 1 aromatic rings. The molecule has 0 spiro atoms. The van der Waals surface area contributed by atoms with Crippen molar-refractivity contribution in [3.8, 4) is 12.1 Å². The lowest BCUT2D eigenvalue weighted by Gasteiger charge is -2.23. The van der Waals surface area contributed by atoms with Gasteiger partial charge in [-0.05, 0) is 44.7 Å². The van der Waals surface area contributed by atoms with Crippen LogP contribution < -0.4 is 10.6 Å². The predicted molar refractivity (Wildman–Crippen MR) is 95.3 cm³/mol. The van der Waals surface area contributed by atoms with E-state index in [1.165, 1.54) is 0 Å². The van der Waals surface area contributed by atoms with Crippen LogP contribution in [-0.4, -0.2) is 23.7 Å². The van der Waals surface area contributed by atoms with E-state index in [2.05, 4.69) is 22.8 Å². The number of thioether (sulfide) groups is 1. The number of para-hydroxylation sites is 1. The maximum atomic E-state index is 12.2. The lowest BCUT2D eigenvalue weighted by atomic mass is 9.98. The van der Waals surface area contributed by atoms with E-state index in [0.29, 0.717) is 5.75 Å². The number of hydrogen-bond donors (Lipinski definition) is 2. The zero-order valence-electron chi connectivity index (χ0n) is 14.0. The van der Waals surface area contributed by atoms with Crippen LogP contribution in [0.4, 0.5) is 5.69 Å². The number of carbonyl (C=O) groups is 1. The summed E-state index contributed by atoms with van der Waals surface area (Å²) >= 11 is 1.59. The Labute approximate surface area is 147 Å². The van der Waals surface area contributed by atoms with Gasteiger partial charge in [0.05, 0.1) is 24.6 Å². The highest BCUT2D eigenvalue weighted by Gasteiger charge is 2.42. The number of amides is 1. The van der Waals surface area contributed by atoms with Crippen LogP contribution >= 0.6 is 11.8 Å². The number of nitrogens with zero attached hydrogens (tertiary/aromatic N) is 2. The third-order valence-electron chi connectivity index (χ3n) is 4.06. The lowest BCUT2D eigenvalue weighted by molar-refractivity contribution is -0.120. The van der Waals surface area contributed by atoms with Crippen LogP contribution in [0, 0.1) is 34.5 Å². The molecule has 0 bridgehead atoms. The van der Waals surface area contributed by atoms with Crippen LogP contribution in [0.2, 0.25) is 0 Å². The summed E-state index contributed by atoms with van der Waals surface area (Å²) in [6, 6.07) is 12.2. The molecule has 2 N–H and O–H groups in total. The Bertz CT molecular complexity index is 674. The Hall–Kier alpha value is -2.18. The molecule has 1 fully saturated rings. The molecule has 1 aliphatic carbocycles. The smallest absolute Gasteiger partial charge is 0.240 e. The average Bonchev–Trinajstić information content (AvgIpc) is 3.43. The summed E-state index contributed by atoms with van der Waals surface area (Å²) in [5.74, 6) is 0.759. The third-order valence-corrected chi connectivity index (χ3v) is 5.39. The van der Waals surface area contributed by atoms with Gasteiger partial charge in [0.15, 0.2) is 0 Å². The van der Waals surface area contributed by atoms with Gasteiger partial charge in [-0.1, -0.05) is 12.1 Å². The second kappa shape index (κ2) is 8.08. The van der Waals surface area contributed by atoms with Gasteiger partial charge >= 0.3 is 0 Å². The molecule has 1 aliphatic rings. The Kier molecular flexibility index (Phi) is 6.11. The normalized spacial score (nSPS) is 17.0. The minimum Gasteiger partial charge on any atom is -0.375 e. The van der Waals surface area contributed by atoms with Crippen molar-refractivity contribution in [3.05, 3.63) is 24.3 Å². The highest BCUT2D eigenvalue weighted by Crippen LogP contribution is 2.39. The first-order valence-corrected chi connectivity index (χ1v) is 9.04. The van der Waals surface area contributed by atoms with E-state index in [1.807, 2.05) is 31.2 Å². The van der Waals surface area contributed by atoms with Crippen molar-refractivity contribution < 1.29 is 4.79 Å². The van der Waals surface area contributed by atoms with E-state index in [1.54, 1.807) is 18.7 Å². The van der Waals surface area contributed by atoms with Gasteiger partial charge in [0, 0.05) is 16.3 Å². The van der Waals surface area contributed by atoms with Gasteiger partial charge in [-0.3, -0.25) is 4.79 Å². The van der Waals surface area contributed by atoms with Gasteiger partial charge in [0.2, 0.25) is 5.91 Å². The van der Waals surface area contributed by atoms with Gasteiger partial charge in [0.1, 0.15) is 5.54 Å². The van der Waals surface area contributed by atoms with E-state index in [9.17, 15) is 10.1 Å². The fourth-order valence-electron chi connectivity index (χ4n) is 2.38. The average molecular weight is 342 g/mol. The number of rotatable bonds is 8. The summed E-state index contributed by atoms with van der Waals surface area (Å²) < 4.78 is 0. The zero-order chi connectivity index (χ0) is 17.6. The molecule has 1 aromatic carbocycles. The summed E-state index contributed by atoms with van der Waals surface area (Å²) in [7, 11) is 0. The minimum absolute atomic E-state index is 0.0266. The summed E-state index contributed by atoms with van der Waals surface area (Å²) in [5.41, 5.74) is 0.0998. The molecule has 2 rings (SSSR count). The first-order chi connectivity index (χ1) is 11.5. The van der Waals surface area contributed by atoms with Crippen molar-refractivity contribution in [1.29, 1.82) is 10.5 Å². The van der Waals surface area contributed by atoms with Crippen LogP contribution in [-0.2, 0) is 4.79 Å². The Morgan fingerprint density at radius 1 is 1.42 bits per heavy atom. The molecule has 0 heterocycles. The maximum Gasteiger partial charge on any atom is 0.240 e. The summed E-state index contributed by atoms with van der Waals surface area (Å²) in [4.78, 5) is 13.2. The molecular formula is C18H22N4OS. The van der Waals surface area contributed by atoms with Crippen molar-refractivity contribution in [1.82, 2.24) is 5.32 Å². The van der Waals surface area contributed by atoms with Crippen LogP contribution in [0.25, 0.3) is 0 Å². The van der Waals surface area contributed by atoms with Crippen LogP contribution in [0.15, 0.2) is 29.2 Å². The van der Waals surface area contributed by atoms with Gasteiger partial charge < -0.3 is 10.6 Å². The van der Waals surface area contributed by atoms with Crippen LogP contribution in [0.5, 0.6) is 0 Å². The second-order valence-electron chi connectivity index (χ2n) is 6.33. The first kappa shape index (κ1) is 18.2. The molecule has 0 unspecified atom stereocenters. The monoisotopic (exact) mass is 342 g/mol. The Balaban J connectivity index is 1.91. The van der Waals surface area contributed by atoms with Crippen molar-refractivity contribution in [2.24, 2.45) is 11.8 Å². The molecule has 0 aliphatic heterocycles. The fourth-order valence-corrected chi connectivity index (χ4v) is 3.36. The minimum atomic E-state index is -0.769. The van der Waals surface area contributed by atoms with E-state index in [0.717, 1.165) is 23.4 Å². The molecule has 0 radical (unpaired) electrons. The molecule has 126 valence electrons. The third kappa shape index (κ3) is 4.91. The van der Waals surface area contributed by atoms with Crippen LogP contribution in [0.1, 0.15) is 26.7 Å². The molecular weight excluding hydrogens is 320 g/mol. The molecule has 0 aromatic heterocycles. The SMILES string of the molecule is C[C@H](C#N)CSc1ccccc1NCC(=O)N[C@@](C)(C#N)C1CC1. The van der Waals surface area contributed by atoms with E-state index >= 15 is 0 Å². The molecule has 6 heteroatoms. The Morgan fingerprint density at radius 2 is 2.12 bits per heavy atom. The zero-order valence-corrected chi connectivity index (χ0v) is 14.8.